The van der Waals surface area contributed by atoms with E-state index in [-0.39, 0.29) is 5.91 Å². The number of nitrogens with zero attached hydrogens (tertiary/aromatic N) is 2. The van der Waals surface area contributed by atoms with Gasteiger partial charge in [-0.1, -0.05) is 0 Å². The molecule has 4 aliphatic carbocycles. The van der Waals surface area contributed by atoms with Crippen LogP contribution in [0.4, 0.5) is 0 Å². The molecule has 0 aliphatic heterocycles. The van der Waals surface area contributed by atoms with Gasteiger partial charge >= 0.3 is 0 Å². The Hall–Kier alpha value is -1.36. The molecule has 0 aromatic carbocycles. The molecule has 0 spiro atoms. The van der Waals surface area contributed by atoms with Gasteiger partial charge in [-0.15, -0.1) is 0 Å². The largest absolute Gasteiger partial charge is 0.289 e. The lowest BCUT2D eigenvalue weighted by atomic mass is 9.54. The number of nitrogens with two attached hydrogens (primary N) is 1. The van der Waals surface area contributed by atoms with Crippen molar-refractivity contribution in [2.45, 2.75) is 38.1 Å². The molecule has 5 nitrogen and oxygen atoms in total. The van der Waals surface area contributed by atoms with Gasteiger partial charge < -0.3 is 0 Å². The molecule has 5 rings (SSSR count). The molecule has 4 saturated carbocycles. The minimum Gasteiger partial charge on any atom is -0.289 e. The first kappa shape index (κ1) is 11.5. The van der Waals surface area contributed by atoms with Gasteiger partial charge in [0.15, 0.2) is 0 Å². The smallest absolute Gasteiger partial charge is 0.283 e. The molecule has 4 fully saturated rings. The molecule has 1 amide bonds. The molecule has 0 saturated heterocycles. The predicted molar refractivity (Wildman–Crippen MR) is 70.0 cm³/mol. The van der Waals surface area contributed by atoms with Gasteiger partial charge in [0.05, 0.1) is 6.04 Å². The zero-order chi connectivity index (χ0) is 13.0. The fourth-order valence-corrected chi connectivity index (χ4v) is 5.10. The number of carbonyl (C=O) groups excluding carboxylic acids is 1. The van der Waals surface area contributed by atoms with E-state index in [4.69, 9.17) is 5.84 Å². The van der Waals surface area contributed by atoms with Crippen LogP contribution < -0.4 is 11.3 Å². The standard InChI is InChI=1S/C14H20N4O/c15-17-14(19)12-1-2-16-18(12)13-10-4-8-3-9(6-10)7-11(13)5-8/h1-2,8-11,13H,3-7,15H2,(H,17,19). The zero-order valence-corrected chi connectivity index (χ0v) is 11.0. The summed E-state index contributed by atoms with van der Waals surface area (Å²) in [6, 6.07) is 2.18. The Bertz CT molecular complexity index is 481. The average molecular weight is 260 g/mol. The van der Waals surface area contributed by atoms with Crippen LogP contribution in [-0.2, 0) is 0 Å². The Morgan fingerprint density at radius 3 is 2.42 bits per heavy atom. The number of aromatic nitrogens is 2. The third kappa shape index (κ3) is 1.64. The second-order valence-corrected chi connectivity index (χ2v) is 6.56. The number of hydrogen-bond acceptors (Lipinski definition) is 3. The van der Waals surface area contributed by atoms with Crippen LogP contribution in [-0.4, -0.2) is 15.7 Å². The maximum atomic E-state index is 11.8. The highest BCUT2D eigenvalue weighted by Crippen LogP contribution is 2.58. The van der Waals surface area contributed by atoms with Crippen molar-refractivity contribution in [2.24, 2.45) is 29.5 Å². The van der Waals surface area contributed by atoms with Crippen LogP contribution in [0.15, 0.2) is 12.3 Å². The molecule has 5 heteroatoms. The Kier molecular flexibility index (Phi) is 2.45. The average Bonchev–Trinajstić information content (AvgIpc) is 2.85. The number of amides is 1. The summed E-state index contributed by atoms with van der Waals surface area (Å²) in [5, 5.41) is 4.43. The van der Waals surface area contributed by atoms with Crippen molar-refractivity contribution in [3.8, 4) is 0 Å². The number of carbonyl (C=O) groups is 1. The number of hydrazine groups is 1. The van der Waals surface area contributed by atoms with E-state index in [1.54, 1.807) is 12.3 Å². The van der Waals surface area contributed by atoms with Crippen molar-refractivity contribution in [3.63, 3.8) is 0 Å². The molecule has 4 aliphatic rings. The van der Waals surface area contributed by atoms with Crippen LogP contribution in [0.2, 0.25) is 0 Å². The lowest BCUT2D eigenvalue weighted by Crippen LogP contribution is -2.47. The summed E-state index contributed by atoms with van der Waals surface area (Å²) in [5.74, 6) is 8.32. The molecule has 0 radical (unpaired) electrons. The molecule has 0 atom stereocenters. The van der Waals surface area contributed by atoms with Crippen LogP contribution in [0.5, 0.6) is 0 Å². The van der Waals surface area contributed by atoms with Gasteiger partial charge in [0.1, 0.15) is 5.69 Å². The molecular formula is C14H20N4O. The fraction of sp³-hybridized carbons (Fsp3) is 0.714. The zero-order valence-electron chi connectivity index (χ0n) is 11.0. The maximum Gasteiger partial charge on any atom is 0.283 e. The van der Waals surface area contributed by atoms with E-state index in [0.717, 1.165) is 11.8 Å². The molecule has 1 aromatic heterocycles. The highest BCUT2D eigenvalue weighted by molar-refractivity contribution is 5.92. The van der Waals surface area contributed by atoms with E-state index in [0.29, 0.717) is 23.6 Å². The summed E-state index contributed by atoms with van der Waals surface area (Å²) in [5.41, 5.74) is 2.84. The molecule has 1 heterocycles. The van der Waals surface area contributed by atoms with E-state index in [1.165, 1.54) is 32.1 Å². The van der Waals surface area contributed by atoms with Crippen molar-refractivity contribution < 1.29 is 4.79 Å². The SMILES string of the molecule is NNC(=O)c1ccnn1C1C2CC3CC(C2)CC1C3. The molecule has 3 N–H and O–H groups in total. The van der Waals surface area contributed by atoms with Crippen LogP contribution >= 0.6 is 0 Å². The lowest BCUT2D eigenvalue weighted by Gasteiger charge is -2.54. The molecule has 4 bridgehead atoms. The van der Waals surface area contributed by atoms with Gasteiger partial charge in [0.25, 0.3) is 5.91 Å². The quantitative estimate of drug-likeness (QED) is 0.480. The van der Waals surface area contributed by atoms with Gasteiger partial charge in [-0.05, 0) is 61.8 Å². The summed E-state index contributed by atoms with van der Waals surface area (Å²) >= 11 is 0. The highest BCUT2D eigenvalue weighted by atomic mass is 16.2. The third-order valence-corrected chi connectivity index (χ3v) is 5.49. The minimum atomic E-state index is -0.230. The van der Waals surface area contributed by atoms with Crippen molar-refractivity contribution in [2.75, 3.05) is 0 Å². The summed E-state index contributed by atoms with van der Waals surface area (Å²) in [6.07, 6.45) is 8.44. The van der Waals surface area contributed by atoms with E-state index in [2.05, 4.69) is 10.5 Å². The number of rotatable bonds is 2. The van der Waals surface area contributed by atoms with Gasteiger partial charge in [0, 0.05) is 6.20 Å². The van der Waals surface area contributed by atoms with Gasteiger partial charge in [-0.2, -0.15) is 5.10 Å². The second-order valence-electron chi connectivity index (χ2n) is 6.56. The van der Waals surface area contributed by atoms with Crippen molar-refractivity contribution in [1.82, 2.24) is 15.2 Å². The Morgan fingerprint density at radius 2 is 1.84 bits per heavy atom. The monoisotopic (exact) mass is 260 g/mol. The molecule has 102 valence electrons. The lowest BCUT2D eigenvalue weighted by molar-refractivity contribution is -0.0343. The predicted octanol–water partition coefficient (Wildman–Crippen LogP) is 1.48. The van der Waals surface area contributed by atoms with Crippen LogP contribution in [0.1, 0.15) is 48.6 Å². The summed E-state index contributed by atoms with van der Waals surface area (Å²) < 4.78 is 1.95. The van der Waals surface area contributed by atoms with Crippen molar-refractivity contribution in [3.05, 3.63) is 18.0 Å². The molecular weight excluding hydrogens is 240 g/mol. The Morgan fingerprint density at radius 1 is 1.21 bits per heavy atom. The topological polar surface area (TPSA) is 72.9 Å². The second kappa shape index (κ2) is 4.07. The van der Waals surface area contributed by atoms with E-state index in [9.17, 15) is 4.79 Å². The van der Waals surface area contributed by atoms with Gasteiger partial charge in [-0.3, -0.25) is 14.9 Å². The highest BCUT2D eigenvalue weighted by Gasteiger charge is 2.49. The van der Waals surface area contributed by atoms with E-state index < -0.39 is 0 Å². The first-order valence-electron chi connectivity index (χ1n) is 7.30. The number of nitrogen functional groups attached to an aromatic ring is 1. The first-order chi connectivity index (χ1) is 9.26. The van der Waals surface area contributed by atoms with Crippen LogP contribution in [0, 0.1) is 23.7 Å². The Labute approximate surface area is 112 Å². The van der Waals surface area contributed by atoms with Gasteiger partial charge in [-0.25, -0.2) is 5.84 Å². The molecule has 19 heavy (non-hydrogen) atoms. The summed E-state index contributed by atoms with van der Waals surface area (Å²) in [6.45, 7) is 0. The molecule has 1 aromatic rings. The normalized spacial score (nSPS) is 39.5. The summed E-state index contributed by atoms with van der Waals surface area (Å²) in [4.78, 5) is 11.8. The van der Waals surface area contributed by atoms with Crippen LogP contribution in [0.25, 0.3) is 0 Å². The maximum absolute atomic E-state index is 11.8. The van der Waals surface area contributed by atoms with Crippen molar-refractivity contribution in [1.29, 1.82) is 0 Å². The minimum absolute atomic E-state index is 0.230. The van der Waals surface area contributed by atoms with Crippen LogP contribution in [0.3, 0.4) is 0 Å². The Balaban J connectivity index is 1.69. The third-order valence-electron chi connectivity index (χ3n) is 5.49. The number of nitrogens with one attached hydrogen (secondary N) is 1. The van der Waals surface area contributed by atoms with Gasteiger partial charge in [0.2, 0.25) is 0 Å². The summed E-state index contributed by atoms with van der Waals surface area (Å²) in [7, 11) is 0. The fourth-order valence-electron chi connectivity index (χ4n) is 5.10. The van der Waals surface area contributed by atoms with E-state index >= 15 is 0 Å². The number of hydrogen-bond donors (Lipinski definition) is 2. The van der Waals surface area contributed by atoms with Crippen molar-refractivity contribution >= 4 is 5.91 Å². The molecule has 0 unspecified atom stereocenters. The first-order valence-corrected chi connectivity index (χ1v) is 7.30. The van der Waals surface area contributed by atoms with E-state index in [1.807, 2.05) is 4.68 Å².